The summed E-state index contributed by atoms with van der Waals surface area (Å²) in [6.07, 6.45) is 0.854. The normalized spacial score (nSPS) is 17.0. The Labute approximate surface area is 163 Å². The first-order valence-corrected chi connectivity index (χ1v) is 9.38. The molecule has 2 amide bonds. The summed E-state index contributed by atoms with van der Waals surface area (Å²) in [6.45, 7) is 6.03. The van der Waals surface area contributed by atoms with Gasteiger partial charge in [0.2, 0.25) is 5.91 Å². The van der Waals surface area contributed by atoms with Gasteiger partial charge in [-0.3, -0.25) is 14.5 Å². The van der Waals surface area contributed by atoms with Crippen molar-refractivity contribution in [2.45, 2.75) is 51.8 Å². The van der Waals surface area contributed by atoms with Gasteiger partial charge in [-0.1, -0.05) is 12.1 Å². The highest BCUT2D eigenvalue weighted by atomic mass is 16.6. The van der Waals surface area contributed by atoms with Gasteiger partial charge < -0.3 is 14.6 Å². The Morgan fingerprint density at radius 3 is 2.75 bits per heavy atom. The van der Waals surface area contributed by atoms with Crippen molar-refractivity contribution in [3.63, 3.8) is 0 Å². The first kappa shape index (κ1) is 19.9. The van der Waals surface area contributed by atoms with Crippen LogP contribution in [0.25, 0.3) is 10.9 Å². The number of hydrogen-bond donors (Lipinski definition) is 1. The largest absolute Gasteiger partial charge is 0.444 e. The molecule has 28 heavy (non-hydrogen) atoms. The maximum atomic E-state index is 12.9. The summed E-state index contributed by atoms with van der Waals surface area (Å²) >= 11 is 0. The van der Waals surface area contributed by atoms with Gasteiger partial charge in [0.1, 0.15) is 17.5 Å². The van der Waals surface area contributed by atoms with Crippen LogP contribution in [0.5, 0.6) is 0 Å². The third-order valence-corrected chi connectivity index (χ3v) is 4.59. The van der Waals surface area contributed by atoms with Gasteiger partial charge in [0, 0.05) is 13.6 Å². The summed E-state index contributed by atoms with van der Waals surface area (Å²) in [4.78, 5) is 47.7. The second kappa shape index (κ2) is 7.61. The number of rotatable bonds is 3. The van der Waals surface area contributed by atoms with Crippen molar-refractivity contribution in [1.82, 2.24) is 19.8 Å². The number of fused-ring (bicyclic) bond motifs is 1. The Kier molecular flexibility index (Phi) is 5.40. The fourth-order valence-electron chi connectivity index (χ4n) is 3.33. The lowest BCUT2D eigenvalue weighted by molar-refractivity contribution is -0.135. The molecule has 1 unspecified atom stereocenters. The van der Waals surface area contributed by atoms with Crippen molar-refractivity contribution in [3.8, 4) is 0 Å². The van der Waals surface area contributed by atoms with E-state index in [2.05, 4.69) is 9.97 Å². The van der Waals surface area contributed by atoms with Crippen LogP contribution >= 0.6 is 0 Å². The summed E-state index contributed by atoms with van der Waals surface area (Å²) < 4.78 is 5.42. The van der Waals surface area contributed by atoms with Crippen molar-refractivity contribution in [1.29, 1.82) is 0 Å². The number of carbonyl (C=O) groups excluding carboxylic acids is 2. The Hall–Kier alpha value is -2.90. The van der Waals surface area contributed by atoms with Gasteiger partial charge in [0.25, 0.3) is 5.56 Å². The molecule has 0 aliphatic carbocycles. The van der Waals surface area contributed by atoms with Crippen LogP contribution in [0.15, 0.2) is 29.1 Å². The SMILES string of the molecule is CN(Cc1nc2ccccc2c(=O)[nH]1)C(=O)C1CCCN1C(=O)OC(C)(C)C. The zero-order valence-corrected chi connectivity index (χ0v) is 16.7. The monoisotopic (exact) mass is 386 g/mol. The first-order valence-electron chi connectivity index (χ1n) is 9.38. The average Bonchev–Trinajstić information content (AvgIpc) is 3.09. The second-order valence-corrected chi connectivity index (χ2v) is 8.06. The topological polar surface area (TPSA) is 95.6 Å². The molecule has 0 saturated carbocycles. The molecule has 1 fully saturated rings. The van der Waals surface area contributed by atoms with E-state index in [0.29, 0.717) is 29.7 Å². The van der Waals surface area contributed by atoms with E-state index in [1.54, 1.807) is 46.0 Å². The minimum Gasteiger partial charge on any atom is -0.444 e. The molecule has 8 heteroatoms. The number of nitrogens with zero attached hydrogens (tertiary/aromatic N) is 3. The standard InChI is InChI=1S/C20H26N4O4/c1-20(2,3)28-19(27)24-11-7-10-15(24)18(26)23(4)12-16-21-14-9-6-5-8-13(14)17(25)22-16/h5-6,8-9,15H,7,10-12H2,1-4H3,(H,21,22,25). The Morgan fingerprint density at radius 2 is 2.04 bits per heavy atom. The zero-order valence-electron chi connectivity index (χ0n) is 16.7. The molecule has 1 atom stereocenters. The Bertz CT molecular complexity index is 947. The summed E-state index contributed by atoms with van der Waals surface area (Å²) in [7, 11) is 1.64. The molecule has 0 radical (unpaired) electrons. The van der Waals surface area contributed by atoms with Crippen molar-refractivity contribution in [3.05, 3.63) is 40.4 Å². The molecule has 150 valence electrons. The van der Waals surface area contributed by atoms with Crippen LogP contribution in [0.3, 0.4) is 0 Å². The molecule has 0 spiro atoms. The van der Waals surface area contributed by atoms with Crippen LogP contribution in [0.4, 0.5) is 4.79 Å². The number of benzene rings is 1. The van der Waals surface area contributed by atoms with Gasteiger partial charge >= 0.3 is 6.09 Å². The minimum atomic E-state index is -0.617. The van der Waals surface area contributed by atoms with Gasteiger partial charge in [-0.25, -0.2) is 9.78 Å². The minimum absolute atomic E-state index is 0.150. The summed E-state index contributed by atoms with van der Waals surface area (Å²) in [5, 5.41) is 0.507. The summed E-state index contributed by atoms with van der Waals surface area (Å²) in [5.41, 5.74) is -0.274. The number of aromatic amines is 1. The number of carbonyl (C=O) groups is 2. The van der Waals surface area contributed by atoms with Crippen molar-refractivity contribution < 1.29 is 14.3 Å². The highest BCUT2D eigenvalue weighted by Crippen LogP contribution is 2.22. The number of hydrogen-bond acceptors (Lipinski definition) is 5. The molecular formula is C20H26N4O4. The lowest BCUT2D eigenvalue weighted by Crippen LogP contribution is -2.48. The Balaban J connectivity index is 1.73. The van der Waals surface area contributed by atoms with Gasteiger partial charge in [-0.15, -0.1) is 0 Å². The number of para-hydroxylation sites is 1. The number of likely N-dealkylation sites (tertiary alicyclic amines) is 1. The third-order valence-electron chi connectivity index (χ3n) is 4.59. The van der Waals surface area contributed by atoms with E-state index in [4.69, 9.17) is 4.74 Å². The number of nitrogens with one attached hydrogen (secondary N) is 1. The van der Waals surface area contributed by atoms with Crippen LogP contribution in [-0.4, -0.2) is 57.0 Å². The highest BCUT2D eigenvalue weighted by molar-refractivity contribution is 5.86. The third kappa shape index (κ3) is 4.32. The van der Waals surface area contributed by atoms with Crippen LogP contribution in [0, 0.1) is 0 Å². The summed E-state index contributed by atoms with van der Waals surface area (Å²) in [5.74, 6) is 0.209. The van der Waals surface area contributed by atoms with Gasteiger partial charge in [0.15, 0.2) is 0 Å². The number of aromatic nitrogens is 2. The average molecular weight is 386 g/mol. The quantitative estimate of drug-likeness (QED) is 0.873. The number of likely N-dealkylation sites (N-methyl/N-ethyl adjacent to an activating group) is 1. The van der Waals surface area contributed by atoms with Crippen molar-refractivity contribution >= 4 is 22.9 Å². The molecule has 2 heterocycles. The maximum Gasteiger partial charge on any atom is 0.410 e. The number of ether oxygens (including phenoxy) is 1. The maximum absolute atomic E-state index is 12.9. The van der Waals surface area contributed by atoms with Gasteiger partial charge in [0.05, 0.1) is 17.4 Å². The zero-order chi connectivity index (χ0) is 20.5. The van der Waals surface area contributed by atoms with Crippen LogP contribution in [0.2, 0.25) is 0 Å². The van der Waals surface area contributed by atoms with Crippen molar-refractivity contribution in [2.75, 3.05) is 13.6 Å². The van der Waals surface area contributed by atoms with Gasteiger partial charge in [-0.2, -0.15) is 0 Å². The molecule has 2 aromatic rings. The van der Waals surface area contributed by atoms with E-state index in [9.17, 15) is 14.4 Å². The van der Waals surface area contributed by atoms with Crippen LogP contribution < -0.4 is 5.56 Å². The molecule has 1 aliphatic heterocycles. The Morgan fingerprint density at radius 1 is 1.32 bits per heavy atom. The second-order valence-electron chi connectivity index (χ2n) is 8.06. The smallest absolute Gasteiger partial charge is 0.410 e. The lowest BCUT2D eigenvalue weighted by atomic mass is 10.2. The number of H-pyrrole nitrogens is 1. The molecule has 1 aromatic carbocycles. The molecule has 3 rings (SSSR count). The fraction of sp³-hybridized carbons (Fsp3) is 0.500. The van der Waals surface area contributed by atoms with E-state index in [-0.39, 0.29) is 18.0 Å². The lowest BCUT2D eigenvalue weighted by Gasteiger charge is -2.30. The molecule has 1 aliphatic rings. The van der Waals surface area contributed by atoms with E-state index in [1.165, 1.54) is 9.80 Å². The highest BCUT2D eigenvalue weighted by Gasteiger charge is 2.38. The van der Waals surface area contributed by atoms with Gasteiger partial charge in [-0.05, 0) is 45.7 Å². The van der Waals surface area contributed by atoms with E-state index >= 15 is 0 Å². The van der Waals surface area contributed by atoms with Crippen molar-refractivity contribution in [2.24, 2.45) is 0 Å². The first-order chi connectivity index (χ1) is 13.2. The molecule has 1 aromatic heterocycles. The molecule has 0 bridgehead atoms. The van der Waals surface area contributed by atoms with E-state index in [0.717, 1.165) is 6.42 Å². The predicted octanol–water partition coefficient (Wildman–Crippen LogP) is 2.28. The van der Waals surface area contributed by atoms with E-state index < -0.39 is 17.7 Å². The molecule has 1 N–H and O–H groups in total. The fourth-order valence-corrected chi connectivity index (χ4v) is 3.33. The van der Waals surface area contributed by atoms with Crippen LogP contribution in [0.1, 0.15) is 39.4 Å². The van der Waals surface area contributed by atoms with Crippen LogP contribution in [-0.2, 0) is 16.1 Å². The van der Waals surface area contributed by atoms with E-state index in [1.807, 2.05) is 6.07 Å². The molecule has 8 nitrogen and oxygen atoms in total. The molecular weight excluding hydrogens is 360 g/mol. The number of amides is 2. The summed E-state index contributed by atoms with van der Waals surface area (Å²) in [6, 6.07) is 6.49. The predicted molar refractivity (Wildman–Crippen MR) is 105 cm³/mol. The molecule has 1 saturated heterocycles.